The molecule has 2 aromatic carbocycles. The van der Waals surface area contributed by atoms with E-state index < -0.39 is 0 Å². The van der Waals surface area contributed by atoms with Crippen molar-refractivity contribution >= 4 is 11.6 Å². The number of unbranched alkanes of at least 4 members (excludes halogenated alkanes) is 2. The molecule has 2 aromatic rings. The first-order valence-electron chi connectivity index (χ1n) is 8.75. The third-order valence-corrected chi connectivity index (χ3v) is 3.96. The van der Waals surface area contributed by atoms with Gasteiger partial charge in [0.25, 0.3) is 5.91 Å². The van der Waals surface area contributed by atoms with Crippen LogP contribution in [0.2, 0.25) is 0 Å². The minimum absolute atomic E-state index is 0.0966. The van der Waals surface area contributed by atoms with Crippen LogP contribution in [-0.2, 0) is 0 Å². The second kappa shape index (κ2) is 9.11. The van der Waals surface area contributed by atoms with Crippen molar-refractivity contribution in [3.63, 3.8) is 0 Å². The minimum atomic E-state index is -0.0966. The summed E-state index contributed by atoms with van der Waals surface area (Å²) in [5.41, 5.74) is 2.65. The second-order valence-corrected chi connectivity index (χ2v) is 6.28. The lowest BCUT2D eigenvalue weighted by Crippen LogP contribution is -2.13. The Morgan fingerprint density at radius 1 is 1.04 bits per heavy atom. The number of amides is 1. The van der Waals surface area contributed by atoms with Crippen LogP contribution in [0.15, 0.2) is 48.5 Å². The highest BCUT2D eigenvalue weighted by Crippen LogP contribution is 2.24. The van der Waals surface area contributed by atoms with E-state index in [-0.39, 0.29) is 5.91 Å². The lowest BCUT2D eigenvalue weighted by atomic mass is 10.0. The van der Waals surface area contributed by atoms with Gasteiger partial charge in [-0.05, 0) is 48.2 Å². The largest absolute Gasteiger partial charge is 0.494 e. The summed E-state index contributed by atoms with van der Waals surface area (Å²) in [4.78, 5) is 12.4. The molecule has 0 aromatic heterocycles. The molecule has 128 valence electrons. The van der Waals surface area contributed by atoms with Gasteiger partial charge in [0.15, 0.2) is 0 Å². The number of para-hydroxylation sites is 1. The number of nitrogens with one attached hydrogen (secondary N) is 1. The van der Waals surface area contributed by atoms with Gasteiger partial charge in [-0.2, -0.15) is 0 Å². The maximum absolute atomic E-state index is 12.4. The van der Waals surface area contributed by atoms with Gasteiger partial charge in [0.2, 0.25) is 0 Å². The Kier molecular flexibility index (Phi) is 6.86. The molecule has 0 saturated heterocycles. The van der Waals surface area contributed by atoms with Crippen molar-refractivity contribution in [2.45, 2.75) is 46.0 Å². The van der Waals surface area contributed by atoms with E-state index in [0.29, 0.717) is 11.5 Å². The quantitative estimate of drug-likeness (QED) is 0.639. The predicted molar refractivity (Wildman–Crippen MR) is 99.9 cm³/mol. The molecule has 0 spiro atoms. The Labute approximate surface area is 145 Å². The normalized spacial score (nSPS) is 10.7. The topological polar surface area (TPSA) is 38.3 Å². The number of carbonyl (C=O) groups is 1. The molecule has 1 N–H and O–H groups in total. The summed E-state index contributed by atoms with van der Waals surface area (Å²) in [6, 6.07) is 15.3. The fraction of sp³-hybridized carbons (Fsp3) is 0.381. The van der Waals surface area contributed by atoms with Crippen LogP contribution in [0.5, 0.6) is 5.75 Å². The Bertz CT molecular complexity index is 647. The lowest BCUT2D eigenvalue weighted by molar-refractivity contribution is 0.102. The molecule has 3 heteroatoms. The number of hydrogen-bond acceptors (Lipinski definition) is 2. The molecule has 0 radical (unpaired) electrons. The van der Waals surface area contributed by atoms with Gasteiger partial charge >= 0.3 is 0 Å². The third kappa shape index (κ3) is 5.12. The van der Waals surface area contributed by atoms with E-state index in [1.165, 1.54) is 12.8 Å². The van der Waals surface area contributed by atoms with Gasteiger partial charge in [0.05, 0.1) is 6.61 Å². The van der Waals surface area contributed by atoms with Crippen LogP contribution in [0.3, 0.4) is 0 Å². The van der Waals surface area contributed by atoms with E-state index in [2.05, 4.69) is 26.1 Å². The Morgan fingerprint density at radius 3 is 2.42 bits per heavy atom. The van der Waals surface area contributed by atoms with E-state index in [0.717, 1.165) is 30.0 Å². The van der Waals surface area contributed by atoms with Gasteiger partial charge in [-0.1, -0.05) is 51.8 Å². The highest BCUT2D eigenvalue weighted by atomic mass is 16.5. The maximum Gasteiger partial charge on any atom is 0.255 e. The molecule has 0 heterocycles. The monoisotopic (exact) mass is 325 g/mol. The van der Waals surface area contributed by atoms with Gasteiger partial charge in [0, 0.05) is 11.3 Å². The molecule has 0 bridgehead atoms. The fourth-order valence-corrected chi connectivity index (χ4v) is 2.55. The van der Waals surface area contributed by atoms with Crippen LogP contribution in [0.1, 0.15) is 61.9 Å². The molecular weight excluding hydrogens is 298 g/mol. The number of hydrogen-bond donors (Lipinski definition) is 1. The third-order valence-electron chi connectivity index (χ3n) is 3.96. The van der Waals surface area contributed by atoms with Crippen molar-refractivity contribution in [3.8, 4) is 5.75 Å². The molecule has 3 nitrogen and oxygen atoms in total. The van der Waals surface area contributed by atoms with Crippen molar-refractivity contribution in [2.75, 3.05) is 11.9 Å². The summed E-state index contributed by atoms with van der Waals surface area (Å²) in [6.07, 6.45) is 3.42. The number of benzene rings is 2. The molecule has 0 aliphatic rings. The lowest BCUT2D eigenvalue weighted by Gasteiger charge is -2.14. The fourth-order valence-electron chi connectivity index (χ4n) is 2.55. The summed E-state index contributed by atoms with van der Waals surface area (Å²) in [7, 11) is 0. The van der Waals surface area contributed by atoms with Gasteiger partial charge < -0.3 is 10.1 Å². The number of rotatable bonds is 8. The molecule has 0 atom stereocenters. The SMILES string of the molecule is CCCCCOc1ccc(C(=O)Nc2ccccc2C(C)C)cc1. The van der Waals surface area contributed by atoms with Crippen molar-refractivity contribution < 1.29 is 9.53 Å². The molecular formula is C21H27NO2. The molecule has 0 fully saturated rings. The van der Waals surface area contributed by atoms with Crippen molar-refractivity contribution in [2.24, 2.45) is 0 Å². The molecule has 1 amide bonds. The molecule has 24 heavy (non-hydrogen) atoms. The van der Waals surface area contributed by atoms with Crippen molar-refractivity contribution in [1.29, 1.82) is 0 Å². The van der Waals surface area contributed by atoms with Crippen molar-refractivity contribution in [3.05, 3.63) is 59.7 Å². The average molecular weight is 325 g/mol. The number of ether oxygens (including phenoxy) is 1. The van der Waals surface area contributed by atoms with Crippen molar-refractivity contribution in [1.82, 2.24) is 0 Å². The molecule has 0 aliphatic heterocycles. The molecule has 0 unspecified atom stereocenters. The Balaban J connectivity index is 1.98. The van der Waals surface area contributed by atoms with E-state index in [1.807, 2.05) is 48.5 Å². The first kappa shape index (κ1) is 18.1. The molecule has 0 aliphatic carbocycles. The first-order valence-corrected chi connectivity index (χ1v) is 8.75. The van der Waals surface area contributed by atoms with E-state index in [9.17, 15) is 4.79 Å². The first-order chi connectivity index (χ1) is 11.6. The summed E-state index contributed by atoms with van der Waals surface area (Å²) >= 11 is 0. The zero-order valence-corrected chi connectivity index (χ0v) is 14.8. The second-order valence-electron chi connectivity index (χ2n) is 6.28. The average Bonchev–Trinajstić information content (AvgIpc) is 2.59. The van der Waals surface area contributed by atoms with Gasteiger partial charge in [-0.3, -0.25) is 4.79 Å². The van der Waals surface area contributed by atoms with Gasteiger partial charge in [-0.25, -0.2) is 0 Å². The standard InChI is InChI=1S/C21H27NO2/c1-4-5-8-15-24-18-13-11-17(12-14-18)21(23)22-20-10-7-6-9-19(20)16(2)3/h6-7,9-14,16H,4-5,8,15H2,1-3H3,(H,22,23). The minimum Gasteiger partial charge on any atom is -0.494 e. The number of anilines is 1. The van der Waals surface area contributed by atoms with Crippen LogP contribution in [0.25, 0.3) is 0 Å². The van der Waals surface area contributed by atoms with E-state index in [4.69, 9.17) is 4.74 Å². The zero-order chi connectivity index (χ0) is 17.4. The van der Waals surface area contributed by atoms with Gasteiger partial charge in [-0.15, -0.1) is 0 Å². The highest BCUT2D eigenvalue weighted by molar-refractivity contribution is 6.04. The van der Waals surface area contributed by atoms with Crippen LogP contribution >= 0.6 is 0 Å². The van der Waals surface area contributed by atoms with Crippen LogP contribution in [-0.4, -0.2) is 12.5 Å². The Morgan fingerprint density at radius 2 is 1.75 bits per heavy atom. The smallest absolute Gasteiger partial charge is 0.255 e. The number of carbonyl (C=O) groups excluding carboxylic acids is 1. The van der Waals surface area contributed by atoms with E-state index in [1.54, 1.807) is 0 Å². The van der Waals surface area contributed by atoms with Crippen LogP contribution < -0.4 is 10.1 Å². The maximum atomic E-state index is 12.4. The predicted octanol–water partition coefficient (Wildman–Crippen LogP) is 5.63. The molecule has 2 rings (SSSR count). The van der Waals surface area contributed by atoms with E-state index >= 15 is 0 Å². The molecule has 0 saturated carbocycles. The van der Waals surface area contributed by atoms with Crippen LogP contribution in [0.4, 0.5) is 5.69 Å². The van der Waals surface area contributed by atoms with Gasteiger partial charge in [0.1, 0.15) is 5.75 Å². The van der Waals surface area contributed by atoms with Crippen LogP contribution in [0, 0.1) is 0 Å². The summed E-state index contributed by atoms with van der Waals surface area (Å²) in [6.45, 7) is 7.14. The summed E-state index contributed by atoms with van der Waals surface area (Å²) in [5, 5.41) is 3.01. The summed E-state index contributed by atoms with van der Waals surface area (Å²) < 4.78 is 5.68. The highest BCUT2D eigenvalue weighted by Gasteiger charge is 2.11. The zero-order valence-electron chi connectivity index (χ0n) is 14.8. The summed E-state index contributed by atoms with van der Waals surface area (Å²) in [5.74, 6) is 1.08. The Hall–Kier alpha value is -2.29.